The Morgan fingerprint density at radius 2 is 2.10 bits per heavy atom. The second kappa shape index (κ2) is 5.95. The van der Waals surface area contributed by atoms with Crippen LogP contribution in [0.2, 0.25) is 0 Å². The molecule has 1 aromatic carbocycles. The molecule has 0 saturated heterocycles. The average Bonchev–Trinajstić information content (AvgIpc) is 2.82. The number of carbonyl (C=O) groups is 2. The van der Waals surface area contributed by atoms with Crippen molar-refractivity contribution < 1.29 is 23.1 Å². The molecule has 112 valence electrons. The van der Waals surface area contributed by atoms with Crippen LogP contribution in [-0.4, -0.2) is 37.0 Å². The standard InChI is InChI=1S/C15H16FNO4/c1-4-17(8-12(18)20-3)15(19)13-9(2)10-6-5-7-11(16)14(10)21-13/h5-7H,4,8H2,1-3H3. The molecule has 0 spiro atoms. The molecule has 5 nitrogen and oxygen atoms in total. The van der Waals surface area contributed by atoms with Gasteiger partial charge in [-0.3, -0.25) is 9.59 Å². The summed E-state index contributed by atoms with van der Waals surface area (Å²) in [6, 6.07) is 4.51. The number of esters is 1. The number of likely N-dealkylation sites (N-methyl/N-ethyl adjacent to an activating group) is 1. The Labute approximate surface area is 121 Å². The highest BCUT2D eigenvalue weighted by molar-refractivity contribution is 6.00. The lowest BCUT2D eigenvalue weighted by Gasteiger charge is -2.18. The smallest absolute Gasteiger partial charge is 0.325 e. The van der Waals surface area contributed by atoms with Gasteiger partial charge in [0.05, 0.1) is 7.11 Å². The monoisotopic (exact) mass is 293 g/mol. The van der Waals surface area contributed by atoms with E-state index >= 15 is 0 Å². The molecule has 0 aliphatic rings. The maximum Gasteiger partial charge on any atom is 0.325 e. The number of ether oxygens (including phenoxy) is 1. The van der Waals surface area contributed by atoms with E-state index in [0.29, 0.717) is 17.5 Å². The Morgan fingerprint density at radius 3 is 2.67 bits per heavy atom. The molecule has 0 radical (unpaired) electrons. The lowest BCUT2D eigenvalue weighted by molar-refractivity contribution is -0.141. The molecule has 0 aliphatic carbocycles. The number of rotatable bonds is 4. The van der Waals surface area contributed by atoms with Crippen LogP contribution in [0.1, 0.15) is 23.0 Å². The van der Waals surface area contributed by atoms with Crippen LogP contribution in [0, 0.1) is 12.7 Å². The summed E-state index contributed by atoms with van der Waals surface area (Å²) in [6.07, 6.45) is 0. The van der Waals surface area contributed by atoms with Crippen LogP contribution in [0.4, 0.5) is 4.39 Å². The number of hydrogen-bond acceptors (Lipinski definition) is 4. The Morgan fingerprint density at radius 1 is 1.38 bits per heavy atom. The molecule has 2 rings (SSSR count). The fourth-order valence-corrected chi connectivity index (χ4v) is 2.10. The molecule has 0 fully saturated rings. The van der Waals surface area contributed by atoms with Crippen LogP contribution in [0.5, 0.6) is 0 Å². The molecule has 1 amide bonds. The average molecular weight is 293 g/mol. The molecule has 0 N–H and O–H groups in total. The van der Waals surface area contributed by atoms with Crippen LogP contribution in [0.25, 0.3) is 11.0 Å². The van der Waals surface area contributed by atoms with Crippen molar-refractivity contribution >= 4 is 22.8 Å². The number of benzene rings is 1. The summed E-state index contributed by atoms with van der Waals surface area (Å²) >= 11 is 0. The van der Waals surface area contributed by atoms with Crippen LogP contribution < -0.4 is 0 Å². The van der Waals surface area contributed by atoms with E-state index in [1.165, 1.54) is 18.1 Å². The number of furan rings is 1. The van der Waals surface area contributed by atoms with E-state index in [0.717, 1.165) is 0 Å². The SMILES string of the molecule is CCN(CC(=O)OC)C(=O)c1oc2c(F)cccc2c1C. The molecule has 0 saturated carbocycles. The summed E-state index contributed by atoms with van der Waals surface area (Å²) in [7, 11) is 1.25. The molecule has 1 aromatic heterocycles. The molecule has 0 unspecified atom stereocenters. The summed E-state index contributed by atoms with van der Waals surface area (Å²) in [4.78, 5) is 25.0. The van der Waals surface area contributed by atoms with Gasteiger partial charge < -0.3 is 14.1 Å². The molecule has 6 heteroatoms. The highest BCUT2D eigenvalue weighted by Crippen LogP contribution is 2.28. The summed E-state index contributed by atoms with van der Waals surface area (Å²) in [5.74, 6) is -1.47. The van der Waals surface area contributed by atoms with Gasteiger partial charge in [-0.15, -0.1) is 0 Å². The molecular weight excluding hydrogens is 277 g/mol. The van der Waals surface area contributed by atoms with Crippen molar-refractivity contribution in [2.24, 2.45) is 0 Å². The van der Waals surface area contributed by atoms with Gasteiger partial charge in [0, 0.05) is 17.5 Å². The fraction of sp³-hybridized carbons (Fsp3) is 0.333. The summed E-state index contributed by atoms with van der Waals surface area (Å²) in [5, 5.41) is 0.549. The van der Waals surface area contributed by atoms with Crippen LogP contribution in [0.15, 0.2) is 22.6 Å². The van der Waals surface area contributed by atoms with E-state index in [2.05, 4.69) is 4.74 Å². The van der Waals surface area contributed by atoms with Gasteiger partial charge in [-0.2, -0.15) is 0 Å². The lowest BCUT2D eigenvalue weighted by atomic mass is 10.1. The quantitative estimate of drug-likeness (QED) is 0.813. The Balaban J connectivity index is 2.40. The van der Waals surface area contributed by atoms with Crippen LogP contribution in [-0.2, 0) is 9.53 Å². The number of fused-ring (bicyclic) bond motifs is 1. The topological polar surface area (TPSA) is 59.8 Å². The largest absolute Gasteiger partial charge is 0.468 e. The van der Waals surface area contributed by atoms with Gasteiger partial charge in [0.1, 0.15) is 6.54 Å². The van der Waals surface area contributed by atoms with Gasteiger partial charge in [-0.1, -0.05) is 12.1 Å². The van der Waals surface area contributed by atoms with E-state index in [-0.39, 0.29) is 17.9 Å². The van der Waals surface area contributed by atoms with Crippen molar-refractivity contribution in [3.05, 3.63) is 35.3 Å². The molecule has 0 atom stereocenters. The van der Waals surface area contributed by atoms with E-state index in [9.17, 15) is 14.0 Å². The van der Waals surface area contributed by atoms with Gasteiger partial charge in [0.15, 0.2) is 17.2 Å². The summed E-state index contributed by atoms with van der Waals surface area (Å²) in [6.45, 7) is 3.56. The van der Waals surface area contributed by atoms with Crippen molar-refractivity contribution in [1.29, 1.82) is 0 Å². The normalized spacial score (nSPS) is 10.7. The summed E-state index contributed by atoms with van der Waals surface area (Å²) in [5.41, 5.74) is 0.602. The zero-order valence-electron chi connectivity index (χ0n) is 12.1. The number of halogens is 1. The number of para-hydroxylation sites is 1. The third-order valence-electron chi connectivity index (χ3n) is 3.33. The van der Waals surface area contributed by atoms with Crippen LogP contribution >= 0.6 is 0 Å². The van der Waals surface area contributed by atoms with Crippen LogP contribution in [0.3, 0.4) is 0 Å². The minimum absolute atomic E-state index is 0.0425. The second-order valence-electron chi connectivity index (χ2n) is 4.57. The number of amides is 1. The first-order valence-electron chi connectivity index (χ1n) is 6.53. The second-order valence-corrected chi connectivity index (χ2v) is 4.57. The van der Waals surface area contributed by atoms with Crippen molar-refractivity contribution in [1.82, 2.24) is 4.90 Å². The van der Waals surface area contributed by atoms with Crippen molar-refractivity contribution in [2.75, 3.05) is 20.2 Å². The zero-order chi connectivity index (χ0) is 15.6. The molecule has 0 aliphatic heterocycles. The minimum Gasteiger partial charge on any atom is -0.468 e. The van der Waals surface area contributed by atoms with Gasteiger partial charge in [-0.25, -0.2) is 4.39 Å². The predicted octanol–water partition coefficient (Wildman–Crippen LogP) is 2.52. The first kappa shape index (κ1) is 15.0. The maximum absolute atomic E-state index is 13.7. The Kier molecular flexibility index (Phi) is 4.26. The van der Waals surface area contributed by atoms with Gasteiger partial charge >= 0.3 is 5.97 Å². The third kappa shape index (κ3) is 2.74. The van der Waals surface area contributed by atoms with E-state index in [1.807, 2.05) is 0 Å². The molecule has 1 heterocycles. The molecule has 21 heavy (non-hydrogen) atoms. The lowest BCUT2D eigenvalue weighted by Crippen LogP contribution is -2.36. The number of aryl methyl sites for hydroxylation is 1. The van der Waals surface area contributed by atoms with Crippen molar-refractivity contribution in [3.8, 4) is 0 Å². The first-order chi connectivity index (χ1) is 9.99. The predicted molar refractivity (Wildman–Crippen MR) is 74.5 cm³/mol. The van der Waals surface area contributed by atoms with Gasteiger partial charge in [-0.05, 0) is 19.9 Å². The third-order valence-corrected chi connectivity index (χ3v) is 3.33. The number of carbonyl (C=O) groups excluding carboxylic acids is 2. The maximum atomic E-state index is 13.7. The number of nitrogens with zero attached hydrogens (tertiary/aromatic N) is 1. The zero-order valence-corrected chi connectivity index (χ0v) is 12.1. The number of hydrogen-bond donors (Lipinski definition) is 0. The molecule has 2 aromatic rings. The minimum atomic E-state index is -0.523. The Bertz CT molecular complexity index is 692. The molecule has 0 bridgehead atoms. The Hall–Kier alpha value is -2.37. The first-order valence-corrected chi connectivity index (χ1v) is 6.53. The summed E-state index contributed by atoms with van der Waals surface area (Å²) < 4.78 is 23.6. The van der Waals surface area contributed by atoms with Crippen molar-refractivity contribution in [2.45, 2.75) is 13.8 Å². The highest BCUT2D eigenvalue weighted by atomic mass is 19.1. The number of methoxy groups -OCH3 is 1. The van der Waals surface area contributed by atoms with E-state index in [4.69, 9.17) is 4.42 Å². The highest BCUT2D eigenvalue weighted by Gasteiger charge is 2.25. The van der Waals surface area contributed by atoms with Gasteiger partial charge in [0.2, 0.25) is 0 Å². The van der Waals surface area contributed by atoms with Crippen molar-refractivity contribution in [3.63, 3.8) is 0 Å². The van der Waals surface area contributed by atoms with Gasteiger partial charge in [0.25, 0.3) is 5.91 Å². The van der Waals surface area contributed by atoms with E-state index in [1.54, 1.807) is 26.0 Å². The molecular formula is C15H16FNO4. The van der Waals surface area contributed by atoms with E-state index < -0.39 is 17.7 Å². The fourth-order valence-electron chi connectivity index (χ4n) is 2.10.